The topological polar surface area (TPSA) is 65.5 Å². The van der Waals surface area contributed by atoms with Crippen molar-refractivity contribution in [3.8, 4) is 0 Å². The fourth-order valence-corrected chi connectivity index (χ4v) is 4.00. The summed E-state index contributed by atoms with van der Waals surface area (Å²) in [6, 6.07) is 10.9. The standard InChI is InChI=1S/C19H14F3N3O2S/c20-19(21,22)12-5-6-16-15(7-12)23-17(28-16)10-25-9-11-3-1-2-4-13(11)14(24-25)8-18(26)27/h1-7,9,24H,8,10H2,(H,26,27). The normalized spacial score (nSPS) is 13.8. The molecule has 144 valence electrons. The lowest BCUT2D eigenvalue weighted by Gasteiger charge is -2.26. The molecule has 0 saturated carbocycles. The van der Waals surface area contributed by atoms with Crippen LogP contribution in [0.4, 0.5) is 13.2 Å². The minimum Gasteiger partial charge on any atom is -0.481 e. The predicted molar refractivity (Wildman–Crippen MR) is 99.1 cm³/mol. The molecule has 0 fully saturated rings. The zero-order valence-electron chi connectivity index (χ0n) is 14.3. The molecule has 5 nitrogen and oxygen atoms in total. The molecular formula is C19H14F3N3O2S. The molecule has 0 bridgehead atoms. The largest absolute Gasteiger partial charge is 0.481 e. The number of hydrogen-bond acceptors (Lipinski definition) is 5. The van der Waals surface area contributed by atoms with Crippen molar-refractivity contribution in [1.29, 1.82) is 0 Å². The van der Waals surface area contributed by atoms with E-state index in [4.69, 9.17) is 5.11 Å². The van der Waals surface area contributed by atoms with Gasteiger partial charge in [-0.2, -0.15) is 13.2 Å². The third-order valence-corrected chi connectivity index (χ3v) is 5.27. The molecular weight excluding hydrogens is 391 g/mol. The number of nitrogens with one attached hydrogen (secondary N) is 1. The number of aromatic nitrogens is 1. The van der Waals surface area contributed by atoms with Crippen LogP contribution in [-0.2, 0) is 17.5 Å². The number of aliphatic carboxylic acids is 1. The third-order valence-electron chi connectivity index (χ3n) is 4.25. The fraction of sp³-hybridized carbons (Fsp3) is 0.158. The molecule has 4 rings (SSSR count). The number of hydrogen-bond donors (Lipinski definition) is 2. The molecule has 9 heteroatoms. The summed E-state index contributed by atoms with van der Waals surface area (Å²) >= 11 is 1.30. The maximum Gasteiger partial charge on any atom is 0.416 e. The molecule has 3 aromatic rings. The Balaban J connectivity index is 1.65. The average Bonchev–Trinajstić information content (AvgIpc) is 3.02. The van der Waals surface area contributed by atoms with Crippen LogP contribution in [-0.4, -0.2) is 21.1 Å². The first kappa shape index (κ1) is 18.3. The number of hydrazine groups is 1. The van der Waals surface area contributed by atoms with E-state index in [1.807, 2.05) is 30.5 Å². The number of benzene rings is 2. The van der Waals surface area contributed by atoms with Crippen LogP contribution in [0.3, 0.4) is 0 Å². The van der Waals surface area contributed by atoms with Crippen molar-refractivity contribution in [3.05, 3.63) is 63.5 Å². The zero-order valence-corrected chi connectivity index (χ0v) is 15.1. The maximum atomic E-state index is 12.9. The molecule has 2 N–H and O–H groups in total. The van der Waals surface area contributed by atoms with Crippen LogP contribution in [0.15, 0.2) is 42.5 Å². The average molecular weight is 405 g/mol. The second kappa shape index (κ2) is 6.83. The Morgan fingerprint density at radius 1 is 1.21 bits per heavy atom. The van der Waals surface area contributed by atoms with Crippen molar-refractivity contribution in [2.45, 2.75) is 19.1 Å². The number of carbonyl (C=O) groups is 1. The molecule has 1 aliphatic heterocycles. The van der Waals surface area contributed by atoms with E-state index in [1.54, 1.807) is 5.01 Å². The molecule has 28 heavy (non-hydrogen) atoms. The smallest absolute Gasteiger partial charge is 0.416 e. The van der Waals surface area contributed by atoms with E-state index in [9.17, 15) is 18.0 Å². The van der Waals surface area contributed by atoms with E-state index < -0.39 is 17.7 Å². The Morgan fingerprint density at radius 3 is 2.75 bits per heavy atom. The highest BCUT2D eigenvalue weighted by atomic mass is 32.1. The summed E-state index contributed by atoms with van der Waals surface area (Å²) < 4.78 is 39.3. The van der Waals surface area contributed by atoms with Gasteiger partial charge in [-0.15, -0.1) is 11.3 Å². The van der Waals surface area contributed by atoms with Gasteiger partial charge >= 0.3 is 12.1 Å². The van der Waals surface area contributed by atoms with Gasteiger partial charge in [-0.3, -0.25) is 9.80 Å². The van der Waals surface area contributed by atoms with Crippen molar-refractivity contribution in [2.75, 3.05) is 0 Å². The van der Waals surface area contributed by atoms with E-state index in [1.165, 1.54) is 17.4 Å². The molecule has 0 amide bonds. The quantitative estimate of drug-likeness (QED) is 0.699. The highest BCUT2D eigenvalue weighted by molar-refractivity contribution is 7.18. The lowest BCUT2D eigenvalue weighted by molar-refractivity contribution is -0.137. The Hall–Kier alpha value is -3.07. The summed E-state index contributed by atoms with van der Waals surface area (Å²) in [5.41, 5.74) is 3.18. The number of carboxylic acids is 1. The van der Waals surface area contributed by atoms with Crippen LogP contribution in [0, 0.1) is 0 Å². The second-order valence-corrected chi connectivity index (χ2v) is 7.41. The number of nitrogens with zero attached hydrogens (tertiary/aromatic N) is 2. The van der Waals surface area contributed by atoms with Crippen LogP contribution in [0.2, 0.25) is 0 Å². The Morgan fingerprint density at radius 2 is 2.00 bits per heavy atom. The van der Waals surface area contributed by atoms with E-state index in [0.29, 0.717) is 20.9 Å². The molecule has 1 aromatic heterocycles. The molecule has 0 radical (unpaired) electrons. The lowest BCUT2D eigenvalue weighted by atomic mass is 10.1. The number of alkyl halides is 3. The highest BCUT2D eigenvalue weighted by Crippen LogP contribution is 2.33. The Bertz CT molecular complexity index is 1190. The first-order valence-electron chi connectivity index (χ1n) is 8.31. The van der Waals surface area contributed by atoms with Gasteiger partial charge in [-0.1, -0.05) is 24.3 Å². The van der Waals surface area contributed by atoms with Crippen molar-refractivity contribution < 1.29 is 23.1 Å². The summed E-state index contributed by atoms with van der Waals surface area (Å²) in [5, 5.41) is 13.1. The van der Waals surface area contributed by atoms with E-state index >= 15 is 0 Å². The van der Waals surface area contributed by atoms with Crippen LogP contribution in [0.25, 0.3) is 22.1 Å². The van der Waals surface area contributed by atoms with Gasteiger partial charge in [0, 0.05) is 16.6 Å². The minimum atomic E-state index is -4.41. The number of rotatable bonds is 4. The SMILES string of the molecule is O=C(O)CC1=c2ccccc2=CN(Cc2nc3cc(C(F)(F)F)ccc3s2)N1. The molecule has 2 heterocycles. The predicted octanol–water partition coefficient (Wildman–Crippen LogP) is 2.66. The van der Waals surface area contributed by atoms with Gasteiger partial charge in [0.25, 0.3) is 0 Å². The second-order valence-electron chi connectivity index (χ2n) is 6.29. The van der Waals surface area contributed by atoms with E-state index in [-0.39, 0.29) is 13.0 Å². The molecule has 0 atom stereocenters. The molecule has 0 aliphatic carbocycles. The number of halogens is 3. The lowest BCUT2D eigenvalue weighted by Crippen LogP contribution is -2.45. The summed E-state index contributed by atoms with van der Waals surface area (Å²) in [7, 11) is 0. The number of fused-ring (bicyclic) bond motifs is 2. The van der Waals surface area contributed by atoms with Crippen molar-refractivity contribution in [1.82, 2.24) is 15.4 Å². The highest BCUT2D eigenvalue weighted by Gasteiger charge is 2.30. The molecule has 0 unspecified atom stereocenters. The van der Waals surface area contributed by atoms with Crippen LogP contribution in [0.5, 0.6) is 0 Å². The van der Waals surface area contributed by atoms with Crippen molar-refractivity contribution >= 4 is 39.4 Å². The molecule has 0 saturated heterocycles. The number of thiazole rings is 1. The van der Waals surface area contributed by atoms with Gasteiger partial charge < -0.3 is 10.5 Å². The van der Waals surface area contributed by atoms with Gasteiger partial charge in [-0.25, -0.2) is 4.98 Å². The molecule has 1 aliphatic rings. The molecule has 2 aromatic carbocycles. The van der Waals surface area contributed by atoms with Crippen molar-refractivity contribution in [3.63, 3.8) is 0 Å². The Kier molecular flexibility index (Phi) is 4.46. The van der Waals surface area contributed by atoms with Crippen molar-refractivity contribution in [2.24, 2.45) is 0 Å². The first-order chi connectivity index (χ1) is 13.3. The first-order valence-corrected chi connectivity index (χ1v) is 9.13. The third kappa shape index (κ3) is 3.65. The summed E-state index contributed by atoms with van der Waals surface area (Å²) in [6.07, 6.45) is -2.76. The van der Waals surface area contributed by atoms with Crippen LogP contribution in [0.1, 0.15) is 17.0 Å². The van der Waals surface area contributed by atoms with Crippen LogP contribution < -0.4 is 15.9 Å². The van der Waals surface area contributed by atoms with E-state index in [2.05, 4.69) is 10.4 Å². The minimum absolute atomic E-state index is 0.170. The molecule has 0 spiro atoms. The van der Waals surface area contributed by atoms with E-state index in [0.717, 1.165) is 22.6 Å². The Labute approximate surface area is 161 Å². The van der Waals surface area contributed by atoms with Gasteiger partial charge in [0.2, 0.25) is 0 Å². The van der Waals surface area contributed by atoms with Gasteiger partial charge in [-0.05, 0) is 18.2 Å². The van der Waals surface area contributed by atoms with Gasteiger partial charge in [0.05, 0.1) is 34.4 Å². The maximum absolute atomic E-state index is 12.9. The monoisotopic (exact) mass is 405 g/mol. The zero-order chi connectivity index (χ0) is 19.9. The van der Waals surface area contributed by atoms with Gasteiger partial charge in [0.15, 0.2) is 0 Å². The summed E-state index contributed by atoms with van der Waals surface area (Å²) in [5.74, 6) is -0.959. The summed E-state index contributed by atoms with van der Waals surface area (Å²) in [6.45, 7) is 0.290. The summed E-state index contributed by atoms with van der Waals surface area (Å²) in [4.78, 5) is 15.5. The number of carboxylic acid groups (broad SMARTS) is 1. The fourth-order valence-electron chi connectivity index (χ4n) is 3.05. The van der Waals surface area contributed by atoms with Crippen LogP contribution >= 0.6 is 11.3 Å². The van der Waals surface area contributed by atoms with Gasteiger partial charge in [0.1, 0.15) is 5.01 Å².